The Kier molecular flexibility index (Phi) is 34.1. The lowest BCUT2D eigenvalue weighted by atomic mass is 9.70. The molecular weight excluding hydrogens is 1070 g/mol. The van der Waals surface area contributed by atoms with Gasteiger partial charge in [-0.05, 0) is 331 Å². The van der Waals surface area contributed by atoms with Crippen LogP contribution in [0.5, 0.6) is 0 Å². The Balaban J connectivity index is 0.000000267. The lowest BCUT2D eigenvalue weighted by Gasteiger charge is -2.51. The smallest absolute Gasteiger partial charge is 0.0186 e. The number of piperidine rings is 9. The highest BCUT2D eigenvalue weighted by Gasteiger charge is 2.44. The third-order valence-corrected chi connectivity index (χ3v) is 23.0. The van der Waals surface area contributed by atoms with Gasteiger partial charge in [-0.1, -0.05) is 73.1 Å². The first kappa shape index (κ1) is 81.9. The molecular formula is C79H163N9. The molecule has 0 radical (unpaired) electrons. The predicted octanol–water partition coefficient (Wildman–Crippen LogP) is 19.3. The Morgan fingerprint density at radius 1 is 0.284 bits per heavy atom. The molecule has 10 aliphatic rings. The fourth-order valence-electron chi connectivity index (χ4n) is 19.0. The molecule has 9 saturated heterocycles. The van der Waals surface area contributed by atoms with E-state index in [2.05, 4.69) is 228 Å². The van der Waals surface area contributed by atoms with E-state index in [0.29, 0.717) is 44.3 Å². The Morgan fingerprint density at radius 2 is 0.614 bits per heavy atom. The van der Waals surface area contributed by atoms with Crippen molar-refractivity contribution in [1.82, 2.24) is 47.9 Å². The second kappa shape index (κ2) is 36.7. The molecule has 9 N–H and O–H groups in total. The van der Waals surface area contributed by atoms with Crippen LogP contribution < -0.4 is 47.9 Å². The van der Waals surface area contributed by atoms with Crippen molar-refractivity contribution in [3.05, 3.63) is 0 Å². The highest BCUT2D eigenvalue weighted by atomic mass is 15.1. The molecule has 0 aromatic heterocycles. The van der Waals surface area contributed by atoms with E-state index in [0.717, 1.165) is 60.2 Å². The zero-order chi connectivity index (χ0) is 66.5. The zero-order valence-corrected chi connectivity index (χ0v) is 64.6. The lowest BCUT2D eigenvalue weighted by molar-refractivity contribution is 0.0783. The summed E-state index contributed by atoms with van der Waals surface area (Å²) in [5.74, 6) is 1.74. The van der Waals surface area contributed by atoms with Gasteiger partial charge in [-0.3, -0.25) is 0 Å². The van der Waals surface area contributed by atoms with Crippen molar-refractivity contribution in [1.29, 1.82) is 0 Å². The highest BCUT2D eigenvalue weighted by molar-refractivity contribution is 5.04. The molecule has 8 unspecified atom stereocenters. The van der Waals surface area contributed by atoms with Gasteiger partial charge in [0.25, 0.3) is 0 Å². The summed E-state index contributed by atoms with van der Waals surface area (Å²) in [6.45, 7) is 60.1. The molecule has 10 fully saturated rings. The summed E-state index contributed by atoms with van der Waals surface area (Å²) >= 11 is 0. The van der Waals surface area contributed by atoms with Crippen LogP contribution >= 0.6 is 0 Å². The van der Waals surface area contributed by atoms with Crippen molar-refractivity contribution in [3.8, 4) is 0 Å². The van der Waals surface area contributed by atoms with Crippen LogP contribution in [0.4, 0.5) is 0 Å². The summed E-state index contributed by atoms with van der Waals surface area (Å²) in [5, 5.41) is 33.2. The minimum atomic E-state index is 0.273. The van der Waals surface area contributed by atoms with Crippen molar-refractivity contribution in [3.63, 3.8) is 0 Å². The van der Waals surface area contributed by atoms with Crippen molar-refractivity contribution in [2.45, 2.75) is 496 Å². The standard InChI is InChI=1S/C16H32N2.C13H27N.C11H21N.C9H19N.2C8H17N.2C7H15N/c1-14(2)9-7-8-13(17-14)12-10-15(3,4)18-16(5,6)11-12;1-5-12(6-2)10-9-11-13(7-3,8-4)14-12;1-10(2)6-5-9-11(12-10)7-3-4-8-11;1-8(2)6-5-7-9(3,4)10-8;1-6-4-7(2)9-8(3)5-6;1-7-5-4-6-8(2,3)9-7;2*1-6-4-3-5-7(2)8-6/h12-13,17-18H,7-11H2,1-6H3;14H,5-11H2,1-4H3;12H,3-9H2,1-2H3;10H,5-7H2,1-4H3;6-9H,4-5H2,1-3H3;7,9H,4-6H2,1-3H3;2*6-8H,3-5H2,1-2H3. The third-order valence-electron chi connectivity index (χ3n) is 23.0. The molecule has 0 aromatic carbocycles. The first-order valence-electron chi connectivity index (χ1n) is 38.6. The maximum Gasteiger partial charge on any atom is 0.0186 e. The highest BCUT2D eigenvalue weighted by Crippen LogP contribution is 2.41. The van der Waals surface area contributed by atoms with Gasteiger partial charge in [-0.2, -0.15) is 0 Å². The van der Waals surface area contributed by atoms with Gasteiger partial charge in [0.15, 0.2) is 0 Å². The van der Waals surface area contributed by atoms with Gasteiger partial charge in [0.2, 0.25) is 0 Å². The fraction of sp³-hybridized carbons (Fsp3) is 1.00. The quantitative estimate of drug-likeness (QED) is 0.133. The molecule has 1 spiro atoms. The number of hydrogen-bond acceptors (Lipinski definition) is 9. The van der Waals surface area contributed by atoms with Gasteiger partial charge in [-0.25, -0.2) is 0 Å². The van der Waals surface area contributed by atoms with Crippen molar-refractivity contribution < 1.29 is 0 Å². The molecule has 9 nitrogen and oxygen atoms in total. The number of hydrogen-bond donors (Lipinski definition) is 9. The summed E-state index contributed by atoms with van der Waals surface area (Å²) < 4.78 is 0. The molecule has 0 amide bonds. The number of nitrogens with one attached hydrogen (secondary N) is 9. The van der Waals surface area contributed by atoms with Gasteiger partial charge >= 0.3 is 0 Å². The molecule has 1 saturated carbocycles. The average Bonchev–Trinajstić information content (AvgIpc) is 1.61. The molecule has 88 heavy (non-hydrogen) atoms. The SMILES string of the molecule is CC1(C)CCCC(C)(C)N1.CC1(C)CCCC(C2CC(C)(C)NC(C)(C)C2)N1.CC1(C)CCCC2(CCCC2)N1.CC1CC(C)NC(C)C1.CC1CCCC(C)(C)N1.CC1CCCC(C)N1.CC1CCCC(C)N1.CCC1(CC)CCCC(CC)(CC)N1. The van der Waals surface area contributed by atoms with Crippen LogP contribution in [0, 0.1) is 11.8 Å². The molecule has 0 aromatic rings. The summed E-state index contributed by atoms with van der Waals surface area (Å²) in [6, 6.07) is 5.98. The van der Waals surface area contributed by atoms with E-state index in [-0.39, 0.29) is 11.1 Å². The van der Waals surface area contributed by atoms with E-state index in [1.807, 2.05) is 0 Å². The Hall–Kier alpha value is -0.360. The van der Waals surface area contributed by atoms with Gasteiger partial charge in [0.1, 0.15) is 0 Å². The van der Waals surface area contributed by atoms with Crippen molar-refractivity contribution >= 4 is 0 Å². The second-order valence-electron chi connectivity index (χ2n) is 36.8. The monoisotopic (exact) mass is 1240 g/mol. The third kappa shape index (κ3) is 31.9. The van der Waals surface area contributed by atoms with Crippen LogP contribution in [0.3, 0.4) is 0 Å². The molecule has 1 aliphatic carbocycles. The summed E-state index contributed by atoms with van der Waals surface area (Å²) in [6.07, 6.45) is 45.0. The van der Waals surface area contributed by atoms with E-state index >= 15 is 0 Å². The Bertz CT molecular complexity index is 1740. The van der Waals surface area contributed by atoms with E-state index in [9.17, 15) is 0 Å². The molecule has 9 heteroatoms. The maximum absolute atomic E-state index is 3.98. The van der Waals surface area contributed by atoms with Crippen molar-refractivity contribution in [2.24, 2.45) is 11.8 Å². The number of rotatable bonds is 5. The molecule has 0 bridgehead atoms. The lowest BCUT2D eigenvalue weighted by Crippen LogP contribution is -2.62. The first-order chi connectivity index (χ1) is 40.6. The minimum absolute atomic E-state index is 0.273. The Morgan fingerprint density at radius 3 is 0.932 bits per heavy atom. The normalized spacial score (nSPS) is 34.4. The van der Waals surface area contributed by atoms with Crippen LogP contribution in [0.25, 0.3) is 0 Å². The van der Waals surface area contributed by atoms with Crippen LogP contribution in [-0.4, -0.2) is 104 Å². The van der Waals surface area contributed by atoms with Crippen LogP contribution in [-0.2, 0) is 0 Å². The topological polar surface area (TPSA) is 108 Å². The maximum atomic E-state index is 3.98. The van der Waals surface area contributed by atoms with Gasteiger partial charge in [0, 0.05) is 104 Å². The zero-order valence-electron chi connectivity index (χ0n) is 64.6. The van der Waals surface area contributed by atoms with Crippen molar-refractivity contribution in [2.75, 3.05) is 0 Å². The van der Waals surface area contributed by atoms with Gasteiger partial charge in [0.05, 0.1) is 0 Å². The fourth-order valence-corrected chi connectivity index (χ4v) is 19.0. The van der Waals surface area contributed by atoms with Crippen LogP contribution in [0.15, 0.2) is 0 Å². The van der Waals surface area contributed by atoms with Gasteiger partial charge in [-0.15, -0.1) is 0 Å². The molecule has 524 valence electrons. The van der Waals surface area contributed by atoms with E-state index < -0.39 is 0 Å². The van der Waals surface area contributed by atoms with Crippen LogP contribution in [0.1, 0.15) is 392 Å². The summed E-state index contributed by atoms with van der Waals surface area (Å²) in [4.78, 5) is 0. The molecule has 9 aliphatic heterocycles. The molecule has 8 atom stereocenters. The first-order valence-corrected chi connectivity index (χ1v) is 38.6. The van der Waals surface area contributed by atoms with E-state index in [1.54, 1.807) is 0 Å². The summed E-state index contributed by atoms with van der Waals surface area (Å²) in [5.41, 5.74) is 3.87. The largest absolute Gasteiger partial charge is 0.312 e. The predicted molar refractivity (Wildman–Crippen MR) is 393 cm³/mol. The molecule has 10 rings (SSSR count). The molecule has 9 heterocycles. The average molecular weight is 1240 g/mol. The summed E-state index contributed by atoms with van der Waals surface area (Å²) in [7, 11) is 0. The van der Waals surface area contributed by atoms with E-state index in [1.165, 1.54) is 212 Å². The second-order valence-corrected chi connectivity index (χ2v) is 36.8. The minimum Gasteiger partial charge on any atom is -0.312 e. The van der Waals surface area contributed by atoms with Gasteiger partial charge < -0.3 is 47.9 Å². The van der Waals surface area contributed by atoms with E-state index in [4.69, 9.17) is 0 Å². The van der Waals surface area contributed by atoms with Crippen LogP contribution in [0.2, 0.25) is 0 Å². The Labute approximate surface area is 552 Å².